The maximum absolute atomic E-state index is 6.08. The minimum absolute atomic E-state index is 0.266. The molecule has 1 nitrogen and oxygen atoms in total. The van der Waals surface area contributed by atoms with Crippen LogP contribution in [0.2, 0.25) is 0 Å². The first-order chi connectivity index (χ1) is 5.38. The Morgan fingerprint density at radius 2 is 1.75 bits per heavy atom. The van der Waals surface area contributed by atoms with Crippen molar-refractivity contribution < 1.29 is 0 Å². The SMILES string of the molecule is CCC[C@H](C)CC(N)C(C)(C)C. The molecule has 0 rings (SSSR count). The summed E-state index contributed by atoms with van der Waals surface area (Å²) in [5, 5.41) is 0. The molecule has 0 saturated carbocycles. The van der Waals surface area contributed by atoms with Gasteiger partial charge in [-0.2, -0.15) is 0 Å². The number of rotatable bonds is 4. The van der Waals surface area contributed by atoms with Crippen molar-refractivity contribution in [3.05, 3.63) is 0 Å². The molecule has 0 spiro atoms. The van der Waals surface area contributed by atoms with Gasteiger partial charge < -0.3 is 5.73 Å². The van der Waals surface area contributed by atoms with Crippen LogP contribution in [0.15, 0.2) is 0 Å². The van der Waals surface area contributed by atoms with Gasteiger partial charge in [0, 0.05) is 6.04 Å². The molecule has 0 heterocycles. The summed E-state index contributed by atoms with van der Waals surface area (Å²) in [5.74, 6) is 0.782. The fourth-order valence-electron chi connectivity index (χ4n) is 1.40. The largest absolute Gasteiger partial charge is 0.327 e. The molecule has 74 valence electrons. The smallest absolute Gasteiger partial charge is 0.00901 e. The highest BCUT2D eigenvalue weighted by Crippen LogP contribution is 2.24. The second kappa shape index (κ2) is 4.86. The lowest BCUT2D eigenvalue weighted by molar-refractivity contribution is 0.270. The van der Waals surface area contributed by atoms with Crippen molar-refractivity contribution in [1.82, 2.24) is 0 Å². The van der Waals surface area contributed by atoms with Gasteiger partial charge in [0.25, 0.3) is 0 Å². The van der Waals surface area contributed by atoms with E-state index in [1.54, 1.807) is 0 Å². The van der Waals surface area contributed by atoms with E-state index in [-0.39, 0.29) is 5.41 Å². The van der Waals surface area contributed by atoms with Gasteiger partial charge in [-0.05, 0) is 17.8 Å². The second-order valence-electron chi connectivity index (χ2n) is 5.10. The highest BCUT2D eigenvalue weighted by molar-refractivity contribution is 4.78. The molecule has 2 atom stereocenters. The van der Waals surface area contributed by atoms with Crippen LogP contribution in [0, 0.1) is 11.3 Å². The fourth-order valence-corrected chi connectivity index (χ4v) is 1.40. The quantitative estimate of drug-likeness (QED) is 0.690. The van der Waals surface area contributed by atoms with E-state index in [9.17, 15) is 0 Å². The van der Waals surface area contributed by atoms with Crippen LogP contribution >= 0.6 is 0 Å². The minimum Gasteiger partial charge on any atom is -0.327 e. The average molecular weight is 171 g/mol. The molecule has 0 amide bonds. The molecule has 1 unspecified atom stereocenters. The van der Waals surface area contributed by atoms with Crippen molar-refractivity contribution in [2.75, 3.05) is 0 Å². The third-order valence-electron chi connectivity index (χ3n) is 2.55. The third-order valence-corrected chi connectivity index (χ3v) is 2.55. The van der Waals surface area contributed by atoms with Crippen LogP contribution in [-0.4, -0.2) is 6.04 Å². The Hall–Kier alpha value is -0.0400. The first-order valence-corrected chi connectivity index (χ1v) is 5.13. The Labute approximate surface area is 77.7 Å². The molecular weight excluding hydrogens is 146 g/mol. The summed E-state index contributed by atoms with van der Waals surface area (Å²) in [7, 11) is 0. The number of hydrogen-bond acceptors (Lipinski definition) is 1. The van der Waals surface area contributed by atoms with Gasteiger partial charge in [0.1, 0.15) is 0 Å². The van der Waals surface area contributed by atoms with E-state index in [2.05, 4.69) is 34.6 Å². The Bertz CT molecular complexity index is 113. The maximum Gasteiger partial charge on any atom is 0.00901 e. The highest BCUT2D eigenvalue weighted by atomic mass is 14.7. The maximum atomic E-state index is 6.08. The molecule has 0 aliphatic rings. The Morgan fingerprint density at radius 1 is 1.25 bits per heavy atom. The van der Waals surface area contributed by atoms with Crippen molar-refractivity contribution in [3.63, 3.8) is 0 Å². The van der Waals surface area contributed by atoms with E-state index in [1.807, 2.05) is 0 Å². The molecule has 0 fully saturated rings. The molecule has 0 aromatic rings. The predicted octanol–water partition coefficient (Wildman–Crippen LogP) is 3.19. The summed E-state index contributed by atoms with van der Waals surface area (Å²) in [6.07, 6.45) is 3.75. The monoisotopic (exact) mass is 171 g/mol. The van der Waals surface area contributed by atoms with E-state index < -0.39 is 0 Å². The van der Waals surface area contributed by atoms with Crippen molar-refractivity contribution in [1.29, 1.82) is 0 Å². The van der Waals surface area contributed by atoms with Crippen LogP contribution in [-0.2, 0) is 0 Å². The third kappa shape index (κ3) is 4.76. The van der Waals surface area contributed by atoms with Crippen molar-refractivity contribution in [2.45, 2.75) is 59.9 Å². The van der Waals surface area contributed by atoms with Crippen molar-refractivity contribution in [2.24, 2.45) is 17.1 Å². The molecule has 0 aliphatic carbocycles. The van der Waals surface area contributed by atoms with E-state index in [0.29, 0.717) is 6.04 Å². The van der Waals surface area contributed by atoms with Crippen LogP contribution in [0.3, 0.4) is 0 Å². The normalized spacial score (nSPS) is 17.5. The summed E-state index contributed by atoms with van der Waals surface area (Å²) in [6.45, 7) is 11.2. The second-order valence-corrected chi connectivity index (χ2v) is 5.10. The van der Waals surface area contributed by atoms with Crippen LogP contribution in [0.4, 0.5) is 0 Å². The Kier molecular flexibility index (Phi) is 4.84. The number of nitrogens with two attached hydrogens (primary N) is 1. The highest BCUT2D eigenvalue weighted by Gasteiger charge is 2.21. The Balaban J connectivity index is 3.76. The van der Waals surface area contributed by atoms with Gasteiger partial charge in [-0.25, -0.2) is 0 Å². The van der Waals surface area contributed by atoms with Crippen LogP contribution in [0.1, 0.15) is 53.9 Å². The van der Waals surface area contributed by atoms with Gasteiger partial charge in [-0.3, -0.25) is 0 Å². The standard InChI is InChI=1S/C11H25N/c1-6-7-9(2)8-10(12)11(3,4)5/h9-10H,6-8,12H2,1-5H3/t9-,10?/m0/s1. The van der Waals surface area contributed by atoms with Gasteiger partial charge in [-0.15, -0.1) is 0 Å². The lowest BCUT2D eigenvalue weighted by Crippen LogP contribution is -2.36. The lowest BCUT2D eigenvalue weighted by atomic mass is 9.81. The van der Waals surface area contributed by atoms with E-state index in [1.165, 1.54) is 12.8 Å². The van der Waals surface area contributed by atoms with Crippen LogP contribution in [0.5, 0.6) is 0 Å². The first-order valence-electron chi connectivity index (χ1n) is 5.13. The summed E-state index contributed by atoms with van der Waals surface area (Å²) >= 11 is 0. The summed E-state index contributed by atoms with van der Waals surface area (Å²) in [6, 6.07) is 0.346. The minimum atomic E-state index is 0.266. The van der Waals surface area contributed by atoms with Gasteiger partial charge in [0.2, 0.25) is 0 Å². The summed E-state index contributed by atoms with van der Waals surface area (Å²) < 4.78 is 0. The molecule has 2 N–H and O–H groups in total. The predicted molar refractivity (Wildman–Crippen MR) is 56.1 cm³/mol. The molecule has 0 radical (unpaired) electrons. The fraction of sp³-hybridized carbons (Fsp3) is 1.00. The van der Waals surface area contributed by atoms with Crippen LogP contribution < -0.4 is 5.73 Å². The molecule has 0 aliphatic heterocycles. The number of hydrogen-bond donors (Lipinski definition) is 1. The molecule has 0 bridgehead atoms. The first kappa shape index (κ1) is 12.0. The van der Waals surface area contributed by atoms with Crippen molar-refractivity contribution in [3.8, 4) is 0 Å². The van der Waals surface area contributed by atoms with Gasteiger partial charge in [0.15, 0.2) is 0 Å². The van der Waals surface area contributed by atoms with Gasteiger partial charge in [0.05, 0.1) is 0 Å². The molecule has 0 saturated heterocycles. The van der Waals surface area contributed by atoms with Crippen molar-refractivity contribution >= 4 is 0 Å². The molecule has 0 aromatic heterocycles. The zero-order valence-corrected chi connectivity index (χ0v) is 9.35. The zero-order valence-electron chi connectivity index (χ0n) is 9.35. The molecule has 12 heavy (non-hydrogen) atoms. The lowest BCUT2D eigenvalue weighted by Gasteiger charge is -2.29. The van der Waals surface area contributed by atoms with E-state index >= 15 is 0 Å². The van der Waals surface area contributed by atoms with Gasteiger partial charge >= 0.3 is 0 Å². The van der Waals surface area contributed by atoms with Gasteiger partial charge in [-0.1, -0.05) is 47.5 Å². The topological polar surface area (TPSA) is 26.0 Å². The average Bonchev–Trinajstić information content (AvgIpc) is 1.85. The molecule has 1 heteroatoms. The molecular formula is C11H25N. The molecule has 0 aromatic carbocycles. The Morgan fingerprint density at radius 3 is 2.08 bits per heavy atom. The van der Waals surface area contributed by atoms with Crippen LogP contribution in [0.25, 0.3) is 0 Å². The van der Waals surface area contributed by atoms with E-state index in [0.717, 1.165) is 12.3 Å². The summed E-state index contributed by atoms with van der Waals surface area (Å²) in [4.78, 5) is 0. The van der Waals surface area contributed by atoms with E-state index in [4.69, 9.17) is 5.73 Å². The zero-order chi connectivity index (χ0) is 9.78. The summed E-state index contributed by atoms with van der Waals surface area (Å²) in [5.41, 5.74) is 6.35.